The Kier molecular flexibility index (Phi) is 3.87. The molecule has 0 aromatic heterocycles. The molecule has 0 bridgehead atoms. The molecule has 0 amide bonds. The first-order valence-corrected chi connectivity index (χ1v) is 8.95. The molecule has 1 heterocycles. The Morgan fingerprint density at radius 1 is 1.16 bits per heavy atom. The zero-order chi connectivity index (χ0) is 17.6. The molecule has 0 saturated heterocycles. The molecule has 0 spiro atoms. The predicted molar refractivity (Wildman–Crippen MR) is 100 cm³/mol. The Morgan fingerprint density at radius 2 is 1.92 bits per heavy atom. The van der Waals surface area contributed by atoms with Crippen LogP contribution in [0.1, 0.15) is 65.2 Å². The first-order valence-electron chi connectivity index (χ1n) is 8.95. The minimum atomic E-state index is -0.879. The highest BCUT2D eigenvalue weighted by Crippen LogP contribution is 2.51. The second-order valence-corrected chi connectivity index (χ2v) is 7.37. The maximum absolute atomic E-state index is 11.1. The second kappa shape index (κ2) is 6.07. The number of nitrogens with one attached hydrogen (secondary N) is 1. The lowest BCUT2D eigenvalue weighted by Gasteiger charge is -2.39. The number of fused-ring (bicyclic) bond motifs is 3. The lowest BCUT2D eigenvalue weighted by atomic mass is 9.75. The van der Waals surface area contributed by atoms with Crippen molar-refractivity contribution in [3.63, 3.8) is 0 Å². The van der Waals surface area contributed by atoms with Gasteiger partial charge in [-0.3, -0.25) is 0 Å². The molecule has 0 fully saturated rings. The number of rotatable bonds is 3. The summed E-state index contributed by atoms with van der Waals surface area (Å²) in [6, 6.07) is 14.2. The largest absolute Gasteiger partial charge is 0.478 e. The lowest BCUT2D eigenvalue weighted by molar-refractivity contribution is 0.0697. The van der Waals surface area contributed by atoms with Crippen molar-refractivity contribution < 1.29 is 9.90 Å². The monoisotopic (exact) mass is 333 g/mol. The number of para-hydroxylation sites is 1. The van der Waals surface area contributed by atoms with Crippen LogP contribution in [0.15, 0.2) is 54.6 Å². The number of carboxylic acids is 1. The molecule has 25 heavy (non-hydrogen) atoms. The normalized spacial score (nSPS) is 23.9. The van der Waals surface area contributed by atoms with Gasteiger partial charge in [0.15, 0.2) is 0 Å². The van der Waals surface area contributed by atoms with Gasteiger partial charge in [0.25, 0.3) is 0 Å². The summed E-state index contributed by atoms with van der Waals surface area (Å²) in [6.45, 7) is 4.45. The lowest BCUT2D eigenvalue weighted by Crippen LogP contribution is -2.30. The number of hydrogen-bond donors (Lipinski definition) is 2. The molecular weight excluding hydrogens is 310 g/mol. The third kappa shape index (κ3) is 2.64. The smallest absolute Gasteiger partial charge is 0.335 e. The molecule has 2 aromatic carbocycles. The molecule has 1 aliphatic heterocycles. The predicted octanol–water partition coefficient (Wildman–Crippen LogP) is 5.33. The van der Waals surface area contributed by atoms with Gasteiger partial charge in [0.1, 0.15) is 0 Å². The van der Waals surface area contributed by atoms with Crippen LogP contribution in [0.5, 0.6) is 0 Å². The molecule has 4 rings (SSSR count). The minimum absolute atomic E-state index is 0.204. The SMILES string of the molecule is CC(C)c1cccc2c1N[C@H](c1ccc(C(=O)O)cc1)C1CC=CC21. The molecular formula is C22H23NO2. The topological polar surface area (TPSA) is 49.3 Å². The van der Waals surface area contributed by atoms with E-state index in [2.05, 4.69) is 49.5 Å². The summed E-state index contributed by atoms with van der Waals surface area (Å²) in [5.41, 5.74) is 5.50. The first kappa shape index (κ1) is 15.9. The summed E-state index contributed by atoms with van der Waals surface area (Å²) in [4.78, 5) is 11.1. The third-order valence-corrected chi connectivity index (χ3v) is 5.57. The van der Waals surface area contributed by atoms with Gasteiger partial charge in [-0.2, -0.15) is 0 Å². The van der Waals surface area contributed by atoms with Crippen molar-refractivity contribution in [3.05, 3.63) is 76.9 Å². The van der Waals surface area contributed by atoms with Crippen molar-refractivity contribution in [2.75, 3.05) is 5.32 Å². The van der Waals surface area contributed by atoms with E-state index in [0.29, 0.717) is 23.3 Å². The Hall–Kier alpha value is -2.55. The van der Waals surface area contributed by atoms with Gasteiger partial charge in [-0.25, -0.2) is 4.79 Å². The van der Waals surface area contributed by atoms with Crippen molar-refractivity contribution in [3.8, 4) is 0 Å². The van der Waals surface area contributed by atoms with E-state index >= 15 is 0 Å². The number of carboxylic acid groups (broad SMARTS) is 1. The fourth-order valence-electron chi connectivity index (χ4n) is 4.29. The number of aromatic carboxylic acids is 1. The molecule has 3 atom stereocenters. The van der Waals surface area contributed by atoms with Crippen LogP contribution in [0.3, 0.4) is 0 Å². The average molecular weight is 333 g/mol. The van der Waals surface area contributed by atoms with Gasteiger partial charge >= 0.3 is 5.97 Å². The zero-order valence-corrected chi connectivity index (χ0v) is 14.6. The maximum Gasteiger partial charge on any atom is 0.335 e. The quantitative estimate of drug-likeness (QED) is 0.746. The van der Waals surface area contributed by atoms with Crippen LogP contribution in [-0.4, -0.2) is 11.1 Å². The van der Waals surface area contributed by atoms with Crippen LogP contribution < -0.4 is 5.32 Å². The third-order valence-electron chi connectivity index (χ3n) is 5.57. The molecule has 128 valence electrons. The number of hydrogen-bond acceptors (Lipinski definition) is 2. The minimum Gasteiger partial charge on any atom is -0.478 e. The van der Waals surface area contributed by atoms with Gasteiger partial charge in [0.05, 0.1) is 11.6 Å². The second-order valence-electron chi connectivity index (χ2n) is 7.37. The summed E-state index contributed by atoms with van der Waals surface area (Å²) in [5, 5.41) is 12.9. The highest BCUT2D eigenvalue weighted by molar-refractivity contribution is 5.87. The van der Waals surface area contributed by atoms with Crippen molar-refractivity contribution in [2.45, 2.75) is 38.1 Å². The number of allylic oxidation sites excluding steroid dienone is 2. The standard InChI is InChI=1S/C22H23NO2/c1-13(2)16-5-3-8-19-17-6-4-7-18(17)20(23-21(16)19)14-9-11-15(12-10-14)22(24)25/h3-6,8-13,17-18,20,23H,7H2,1-2H3,(H,24,25)/t17?,18?,20-/m1/s1. The summed E-state index contributed by atoms with van der Waals surface area (Å²) < 4.78 is 0. The van der Waals surface area contributed by atoms with Gasteiger partial charge in [0, 0.05) is 11.6 Å². The van der Waals surface area contributed by atoms with Gasteiger partial charge in [-0.1, -0.05) is 56.3 Å². The van der Waals surface area contributed by atoms with E-state index in [-0.39, 0.29) is 6.04 Å². The van der Waals surface area contributed by atoms with E-state index < -0.39 is 5.97 Å². The van der Waals surface area contributed by atoms with E-state index in [1.165, 1.54) is 16.8 Å². The van der Waals surface area contributed by atoms with Gasteiger partial charge in [0.2, 0.25) is 0 Å². The van der Waals surface area contributed by atoms with Crippen LogP contribution in [-0.2, 0) is 0 Å². The molecule has 0 radical (unpaired) electrons. The fourth-order valence-corrected chi connectivity index (χ4v) is 4.29. The van der Waals surface area contributed by atoms with Crippen LogP contribution in [0, 0.1) is 5.92 Å². The summed E-state index contributed by atoms with van der Waals surface area (Å²) >= 11 is 0. The van der Waals surface area contributed by atoms with Crippen molar-refractivity contribution in [1.29, 1.82) is 0 Å². The van der Waals surface area contributed by atoms with Crippen molar-refractivity contribution >= 4 is 11.7 Å². The maximum atomic E-state index is 11.1. The first-order chi connectivity index (χ1) is 12.1. The van der Waals surface area contributed by atoms with Gasteiger partial charge in [-0.15, -0.1) is 0 Å². The van der Waals surface area contributed by atoms with Crippen molar-refractivity contribution in [2.24, 2.45) is 5.92 Å². The van der Waals surface area contributed by atoms with Crippen LogP contribution >= 0.6 is 0 Å². The molecule has 2 N–H and O–H groups in total. The molecule has 2 aliphatic rings. The average Bonchev–Trinajstić information content (AvgIpc) is 3.10. The van der Waals surface area contributed by atoms with E-state index in [4.69, 9.17) is 5.11 Å². The Balaban J connectivity index is 1.77. The molecule has 0 saturated carbocycles. The van der Waals surface area contributed by atoms with Gasteiger partial charge in [-0.05, 0) is 47.1 Å². The van der Waals surface area contributed by atoms with Crippen molar-refractivity contribution in [1.82, 2.24) is 0 Å². The molecule has 3 nitrogen and oxygen atoms in total. The highest BCUT2D eigenvalue weighted by atomic mass is 16.4. The molecule has 3 heteroatoms. The fraction of sp³-hybridized carbons (Fsp3) is 0.318. The number of carbonyl (C=O) groups is 1. The molecule has 2 aromatic rings. The summed E-state index contributed by atoms with van der Waals surface area (Å²) in [5.74, 6) is 0.486. The van der Waals surface area contributed by atoms with Gasteiger partial charge < -0.3 is 10.4 Å². The van der Waals surface area contributed by atoms with E-state index in [9.17, 15) is 4.79 Å². The van der Waals surface area contributed by atoms with Crippen LogP contribution in [0.4, 0.5) is 5.69 Å². The summed E-state index contributed by atoms with van der Waals surface area (Å²) in [7, 11) is 0. The Labute approximate surface area is 148 Å². The van der Waals surface area contributed by atoms with Crippen LogP contribution in [0.25, 0.3) is 0 Å². The van der Waals surface area contributed by atoms with Crippen LogP contribution in [0.2, 0.25) is 0 Å². The summed E-state index contributed by atoms with van der Waals surface area (Å²) in [6.07, 6.45) is 5.67. The number of anilines is 1. The highest BCUT2D eigenvalue weighted by Gasteiger charge is 2.38. The molecule has 2 unspecified atom stereocenters. The van der Waals surface area contributed by atoms with E-state index in [1.54, 1.807) is 12.1 Å². The Bertz CT molecular complexity index is 836. The Morgan fingerprint density at radius 3 is 2.60 bits per heavy atom. The van der Waals surface area contributed by atoms with E-state index in [0.717, 1.165) is 12.0 Å². The van der Waals surface area contributed by atoms with E-state index in [1.807, 2.05) is 12.1 Å². The number of benzene rings is 2. The molecule has 1 aliphatic carbocycles. The zero-order valence-electron chi connectivity index (χ0n) is 14.6.